The number of thioether (sulfide) groups is 1. The number of fused-ring (bicyclic) bond motifs is 1. The van der Waals surface area contributed by atoms with Crippen LogP contribution in [0.5, 0.6) is 0 Å². The number of hydrogen-bond donors (Lipinski definition) is 1. The fourth-order valence-electron chi connectivity index (χ4n) is 4.27. The molecule has 0 saturated carbocycles. The van der Waals surface area contributed by atoms with Gasteiger partial charge in [0.1, 0.15) is 0 Å². The van der Waals surface area contributed by atoms with E-state index < -0.39 is 14.7 Å². The molecular weight excluding hydrogens is 336 g/mol. The van der Waals surface area contributed by atoms with Gasteiger partial charge >= 0.3 is 8.56 Å². The normalized spacial score (nSPS) is 33.3. The Morgan fingerprint density at radius 1 is 1.04 bits per heavy atom. The van der Waals surface area contributed by atoms with Crippen molar-refractivity contribution in [1.82, 2.24) is 0 Å². The molecule has 3 nitrogen and oxygen atoms in total. The average Bonchev–Trinajstić information content (AvgIpc) is 2.82. The molecular formula is C19H30O3SSi. The minimum Gasteiger partial charge on any atom is -0.392 e. The Balaban J connectivity index is 1.90. The zero-order chi connectivity index (χ0) is 17.8. The van der Waals surface area contributed by atoms with Crippen molar-refractivity contribution in [3.63, 3.8) is 0 Å². The van der Waals surface area contributed by atoms with Crippen LogP contribution in [0.25, 0.3) is 0 Å². The minimum absolute atomic E-state index is 0.0502. The molecule has 134 valence electrons. The van der Waals surface area contributed by atoms with Gasteiger partial charge in [-0.1, -0.05) is 71.9 Å². The summed E-state index contributed by atoms with van der Waals surface area (Å²) < 4.78 is 13.3. The highest BCUT2D eigenvalue weighted by Crippen LogP contribution is 2.58. The second kappa shape index (κ2) is 6.13. The Kier molecular flexibility index (Phi) is 4.71. The van der Waals surface area contributed by atoms with Crippen LogP contribution in [0.3, 0.4) is 0 Å². The predicted octanol–water partition coefficient (Wildman–Crippen LogP) is 4.66. The van der Waals surface area contributed by atoms with Gasteiger partial charge in [0.2, 0.25) is 0 Å². The number of benzene rings is 1. The van der Waals surface area contributed by atoms with Crippen molar-refractivity contribution < 1.29 is 14.0 Å². The van der Waals surface area contributed by atoms with E-state index in [1.54, 1.807) is 11.8 Å². The van der Waals surface area contributed by atoms with Crippen molar-refractivity contribution >= 4 is 20.3 Å². The van der Waals surface area contributed by atoms with Gasteiger partial charge in [-0.05, 0) is 5.56 Å². The van der Waals surface area contributed by atoms with E-state index in [9.17, 15) is 5.11 Å². The fraction of sp³-hybridized carbons (Fsp3) is 0.684. The van der Waals surface area contributed by atoms with Crippen molar-refractivity contribution in [1.29, 1.82) is 0 Å². The van der Waals surface area contributed by atoms with E-state index in [1.807, 2.05) is 18.2 Å². The summed E-state index contributed by atoms with van der Waals surface area (Å²) in [6, 6.07) is 10.3. The summed E-state index contributed by atoms with van der Waals surface area (Å²) in [6.07, 6.45) is -0.623. The highest BCUT2D eigenvalue weighted by atomic mass is 32.2. The zero-order valence-electron chi connectivity index (χ0n) is 15.6. The third-order valence-electron chi connectivity index (χ3n) is 5.19. The molecule has 1 aromatic carbocycles. The molecule has 2 aliphatic heterocycles. The van der Waals surface area contributed by atoms with Gasteiger partial charge in [0, 0.05) is 10.1 Å². The van der Waals surface area contributed by atoms with E-state index in [2.05, 4.69) is 53.7 Å². The van der Waals surface area contributed by atoms with Crippen LogP contribution in [0.15, 0.2) is 30.3 Å². The Morgan fingerprint density at radius 3 is 2.17 bits per heavy atom. The van der Waals surface area contributed by atoms with Crippen LogP contribution in [-0.4, -0.2) is 37.7 Å². The molecule has 0 radical (unpaired) electrons. The van der Waals surface area contributed by atoms with E-state index in [1.165, 1.54) is 5.56 Å². The Labute approximate surface area is 151 Å². The lowest BCUT2D eigenvalue weighted by atomic mass is 10.0. The quantitative estimate of drug-likeness (QED) is 0.734. The van der Waals surface area contributed by atoms with Crippen LogP contribution < -0.4 is 0 Å². The molecule has 2 aliphatic rings. The molecule has 2 heterocycles. The van der Waals surface area contributed by atoms with Crippen molar-refractivity contribution in [2.45, 2.75) is 74.3 Å². The van der Waals surface area contributed by atoms with E-state index in [-0.39, 0.29) is 26.7 Å². The lowest BCUT2D eigenvalue weighted by Gasteiger charge is -2.53. The molecule has 0 aromatic heterocycles. The summed E-state index contributed by atoms with van der Waals surface area (Å²) in [4.78, 5) is 0. The molecule has 24 heavy (non-hydrogen) atoms. The van der Waals surface area contributed by atoms with Gasteiger partial charge in [0.25, 0.3) is 0 Å². The maximum atomic E-state index is 11.0. The summed E-state index contributed by atoms with van der Waals surface area (Å²) in [5.74, 6) is 0. The van der Waals surface area contributed by atoms with Crippen LogP contribution >= 0.6 is 11.8 Å². The van der Waals surface area contributed by atoms with Gasteiger partial charge in [-0.3, -0.25) is 0 Å². The third kappa shape index (κ3) is 2.88. The van der Waals surface area contributed by atoms with Gasteiger partial charge in [-0.2, -0.15) is 0 Å². The molecule has 0 bridgehead atoms. The van der Waals surface area contributed by atoms with Crippen molar-refractivity contribution in [2.24, 2.45) is 0 Å². The molecule has 3 rings (SSSR count). The van der Waals surface area contributed by atoms with Crippen LogP contribution in [0.2, 0.25) is 10.1 Å². The van der Waals surface area contributed by atoms with Crippen LogP contribution in [-0.2, 0) is 8.85 Å². The molecule has 5 heteroatoms. The number of aliphatic hydroxyl groups is 1. The Bertz CT molecular complexity index is 565. The lowest BCUT2D eigenvalue weighted by molar-refractivity contribution is -0.0329. The first-order valence-corrected chi connectivity index (χ1v) is 11.5. The molecule has 1 N–H and O–H groups in total. The maximum Gasteiger partial charge on any atom is 0.349 e. The molecule has 2 fully saturated rings. The third-order valence-corrected chi connectivity index (χ3v) is 11.9. The van der Waals surface area contributed by atoms with Gasteiger partial charge < -0.3 is 14.0 Å². The van der Waals surface area contributed by atoms with Gasteiger partial charge in [0.05, 0.1) is 29.3 Å². The van der Waals surface area contributed by atoms with E-state index in [0.717, 1.165) is 0 Å². The summed E-state index contributed by atoms with van der Waals surface area (Å²) in [5, 5.41) is 11.2. The SMILES string of the molecule is CC(C)(C)[Si]1(C(C)(C)C)OC[C@H]2S[C@@H](c3ccccc3)[C@H](O)[C@@H]2O1. The Hall–Kier alpha value is -0.333. The van der Waals surface area contributed by atoms with Crippen LogP contribution in [0.1, 0.15) is 52.4 Å². The van der Waals surface area contributed by atoms with Crippen molar-refractivity contribution in [3.05, 3.63) is 35.9 Å². The summed E-state index contributed by atoms with van der Waals surface area (Å²) in [5.41, 5.74) is 1.17. The highest BCUT2D eigenvalue weighted by molar-refractivity contribution is 8.00. The molecule has 1 aromatic rings. The van der Waals surface area contributed by atoms with Crippen molar-refractivity contribution in [3.8, 4) is 0 Å². The second-order valence-corrected chi connectivity index (χ2v) is 15.1. The molecule has 2 saturated heterocycles. The molecule has 4 atom stereocenters. The minimum atomic E-state index is -2.52. The molecule has 0 amide bonds. The first-order chi connectivity index (χ1) is 11.1. The predicted molar refractivity (Wildman–Crippen MR) is 103 cm³/mol. The number of aliphatic hydroxyl groups excluding tert-OH is 1. The zero-order valence-corrected chi connectivity index (χ0v) is 17.4. The number of hydrogen-bond acceptors (Lipinski definition) is 4. The number of rotatable bonds is 1. The van der Waals surface area contributed by atoms with Gasteiger partial charge in [-0.25, -0.2) is 0 Å². The summed E-state index contributed by atoms with van der Waals surface area (Å²) in [6.45, 7) is 14.0. The topological polar surface area (TPSA) is 38.7 Å². The Morgan fingerprint density at radius 2 is 1.62 bits per heavy atom. The molecule has 0 spiro atoms. The lowest BCUT2D eigenvalue weighted by Crippen LogP contribution is -2.65. The standard InChI is InChI=1S/C19H30O3SSi/c1-18(2,3)24(19(4,5)6)21-12-14-16(22-24)15(20)17(23-14)13-10-8-7-9-11-13/h7-11,14-17,20H,12H2,1-6H3/t14-,15-,16-,17+/m1/s1. The van der Waals surface area contributed by atoms with Crippen LogP contribution in [0.4, 0.5) is 0 Å². The van der Waals surface area contributed by atoms with E-state index in [0.29, 0.717) is 6.61 Å². The monoisotopic (exact) mass is 366 g/mol. The maximum absolute atomic E-state index is 11.0. The second-order valence-electron chi connectivity index (χ2n) is 9.01. The molecule has 0 aliphatic carbocycles. The fourth-order valence-corrected chi connectivity index (χ4v) is 11.0. The first kappa shape index (κ1) is 18.5. The highest BCUT2D eigenvalue weighted by Gasteiger charge is 2.64. The largest absolute Gasteiger partial charge is 0.392 e. The van der Waals surface area contributed by atoms with E-state index in [4.69, 9.17) is 8.85 Å². The summed E-state index contributed by atoms with van der Waals surface area (Å²) >= 11 is 1.80. The van der Waals surface area contributed by atoms with E-state index >= 15 is 0 Å². The smallest absolute Gasteiger partial charge is 0.349 e. The summed E-state index contributed by atoms with van der Waals surface area (Å²) in [7, 11) is -2.52. The first-order valence-electron chi connectivity index (χ1n) is 8.77. The van der Waals surface area contributed by atoms with Crippen LogP contribution in [0, 0.1) is 0 Å². The van der Waals surface area contributed by atoms with Gasteiger partial charge in [-0.15, -0.1) is 11.8 Å². The van der Waals surface area contributed by atoms with Gasteiger partial charge in [0.15, 0.2) is 0 Å². The van der Waals surface area contributed by atoms with Crippen molar-refractivity contribution in [2.75, 3.05) is 6.61 Å². The average molecular weight is 367 g/mol. The molecule has 0 unspecified atom stereocenters.